The first kappa shape index (κ1) is 10.3. The fraction of sp³-hybridized carbons (Fsp3) is 0.643. The third kappa shape index (κ3) is 2.27. The van der Waals surface area contributed by atoms with Gasteiger partial charge in [-0.05, 0) is 56.1 Å². The molecular weight excluding hydrogens is 196 g/mol. The largest absolute Gasteiger partial charge is 0.308 e. The monoisotopic (exact) mass is 216 g/mol. The molecule has 1 heterocycles. The summed E-state index contributed by atoms with van der Waals surface area (Å²) in [7, 11) is 0. The van der Waals surface area contributed by atoms with Gasteiger partial charge in [0, 0.05) is 18.8 Å². The molecule has 3 rings (SSSR count). The van der Waals surface area contributed by atoms with E-state index in [9.17, 15) is 0 Å². The van der Waals surface area contributed by atoms with Crippen molar-refractivity contribution in [3.05, 3.63) is 29.6 Å². The van der Waals surface area contributed by atoms with Gasteiger partial charge in [0.25, 0.3) is 0 Å². The topological polar surface area (TPSA) is 24.9 Å². The Morgan fingerprint density at radius 3 is 2.56 bits per heavy atom. The Bertz CT molecular complexity index is 355. The van der Waals surface area contributed by atoms with Crippen LogP contribution in [0.2, 0.25) is 0 Å². The predicted octanol–water partition coefficient (Wildman–Crippen LogP) is 2.67. The maximum atomic E-state index is 4.45. The van der Waals surface area contributed by atoms with E-state index in [0.717, 1.165) is 24.4 Å². The van der Waals surface area contributed by atoms with Gasteiger partial charge in [0.2, 0.25) is 0 Å². The van der Waals surface area contributed by atoms with Gasteiger partial charge in [-0.3, -0.25) is 4.98 Å². The molecular formula is C14H20N2. The lowest BCUT2D eigenvalue weighted by atomic mass is 10.1. The molecule has 2 heteroatoms. The molecule has 0 bridgehead atoms. The lowest BCUT2D eigenvalue weighted by Crippen LogP contribution is -2.33. The maximum absolute atomic E-state index is 4.45. The molecule has 0 spiro atoms. The second kappa shape index (κ2) is 4.17. The average Bonchev–Trinajstić information content (AvgIpc) is 3.15. The minimum Gasteiger partial charge on any atom is -0.308 e. The zero-order chi connectivity index (χ0) is 11.0. The molecule has 16 heavy (non-hydrogen) atoms. The van der Waals surface area contributed by atoms with Crippen LogP contribution in [0.1, 0.15) is 36.9 Å². The van der Waals surface area contributed by atoms with Crippen molar-refractivity contribution in [1.82, 2.24) is 10.3 Å². The lowest BCUT2D eigenvalue weighted by molar-refractivity contribution is 0.413. The quantitative estimate of drug-likeness (QED) is 0.818. The van der Waals surface area contributed by atoms with E-state index in [4.69, 9.17) is 0 Å². The zero-order valence-corrected chi connectivity index (χ0v) is 9.95. The summed E-state index contributed by atoms with van der Waals surface area (Å²) in [6.45, 7) is 3.09. The number of aryl methyl sites for hydroxylation is 1. The van der Waals surface area contributed by atoms with Crippen molar-refractivity contribution in [2.24, 2.45) is 11.8 Å². The Balaban J connectivity index is 1.60. The van der Waals surface area contributed by atoms with Crippen molar-refractivity contribution in [2.75, 3.05) is 0 Å². The van der Waals surface area contributed by atoms with Crippen LogP contribution in [-0.4, -0.2) is 11.0 Å². The number of rotatable bonds is 5. The molecule has 0 unspecified atom stereocenters. The van der Waals surface area contributed by atoms with E-state index in [-0.39, 0.29) is 0 Å². The van der Waals surface area contributed by atoms with Gasteiger partial charge in [0.1, 0.15) is 0 Å². The van der Waals surface area contributed by atoms with Gasteiger partial charge in [0.05, 0.1) is 5.69 Å². The molecule has 2 saturated carbocycles. The number of hydrogen-bond acceptors (Lipinski definition) is 2. The van der Waals surface area contributed by atoms with Crippen molar-refractivity contribution in [3.8, 4) is 0 Å². The van der Waals surface area contributed by atoms with Crippen molar-refractivity contribution in [3.63, 3.8) is 0 Å². The molecule has 0 amide bonds. The van der Waals surface area contributed by atoms with Gasteiger partial charge in [-0.2, -0.15) is 0 Å². The van der Waals surface area contributed by atoms with Gasteiger partial charge in [-0.15, -0.1) is 0 Å². The molecule has 1 aromatic heterocycles. The van der Waals surface area contributed by atoms with Gasteiger partial charge in [-0.25, -0.2) is 0 Å². The Morgan fingerprint density at radius 1 is 1.31 bits per heavy atom. The Labute approximate surface area is 97.5 Å². The molecule has 2 nitrogen and oxygen atoms in total. The molecule has 0 aliphatic heterocycles. The summed E-state index contributed by atoms with van der Waals surface area (Å²) in [4.78, 5) is 4.45. The van der Waals surface area contributed by atoms with Crippen molar-refractivity contribution < 1.29 is 0 Å². The van der Waals surface area contributed by atoms with Crippen LogP contribution in [0, 0.1) is 18.8 Å². The minimum atomic E-state index is 0.779. The van der Waals surface area contributed by atoms with Crippen molar-refractivity contribution >= 4 is 0 Å². The third-order valence-corrected chi connectivity index (χ3v) is 3.88. The highest BCUT2D eigenvalue weighted by atomic mass is 15.0. The standard InChI is InChI=1S/C14H20N2/c1-10-3-2-8-15-13(10)9-16-14(11-4-5-11)12-6-7-12/h2-3,8,11-12,14,16H,4-7,9H2,1H3. The zero-order valence-electron chi connectivity index (χ0n) is 9.95. The van der Waals surface area contributed by atoms with Gasteiger partial charge >= 0.3 is 0 Å². The van der Waals surface area contributed by atoms with Crippen molar-refractivity contribution in [1.29, 1.82) is 0 Å². The first-order valence-electron chi connectivity index (χ1n) is 6.48. The molecule has 0 saturated heterocycles. The third-order valence-electron chi connectivity index (χ3n) is 3.88. The van der Waals surface area contributed by atoms with Gasteiger partial charge in [-0.1, -0.05) is 6.07 Å². The number of pyridine rings is 1. The summed E-state index contributed by atoms with van der Waals surface area (Å²) >= 11 is 0. The van der Waals surface area contributed by atoms with Crippen LogP contribution in [0.5, 0.6) is 0 Å². The highest BCUT2D eigenvalue weighted by Crippen LogP contribution is 2.44. The van der Waals surface area contributed by atoms with E-state index in [1.807, 2.05) is 12.3 Å². The van der Waals surface area contributed by atoms with Gasteiger partial charge in [0.15, 0.2) is 0 Å². The fourth-order valence-electron chi connectivity index (χ4n) is 2.55. The second-order valence-corrected chi connectivity index (χ2v) is 5.35. The predicted molar refractivity (Wildman–Crippen MR) is 65.0 cm³/mol. The van der Waals surface area contributed by atoms with Crippen LogP contribution in [0.3, 0.4) is 0 Å². The molecule has 0 aromatic carbocycles. The van der Waals surface area contributed by atoms with Crippen LogP contribution >= 0.6 is 0 Å². The van der Waals surface area contributed by atoms with Crippen LogP contribution in [-0.2, 0) is 6.54 Å². The Hall–Kier alpha value is -0.890. The van der Waals surface area contributed by atoms with Crippen LogP contribution in [0.4, 0.5) is 0 Å². The fourth-order valence-corrected chi connectivity index (χ4v) is 2.55. The van der Waals surface area contributed by atoms with E-state index in [1.54, 1.807) is 0 Å². The molecule has 2 aliphatic rings. The molecule has 86 valence electrons. The van der Waals surface area contributed by atoms with Crippen LogP contribution in [0.25, 0.3) is 0 Å². The Morgan fingerprint density at radius 2 is 2.00 bits per heavy atom. The van der Waals surface area contributed by atoms with E-state index in [1.165, 1.54) is 36.9 Å². The normalized spacial score (nSPS) is 20.4. The van der Waals surface area contributed by atoms with E-state index >= 15 is 0 Å². The summed E-state index contributed by atoms with van der Waals surface area (Å²) in [5.74, 6) is 1.94. The highest BCUT2D eigenvalue weighted by molar-refractivity contribution is 5.17. The molecule has 1 N–H and O–H groups in total. The molecule has 0 radical (unpaired) electrons. The summed E-state index contributed by atoms with van der Waals surface area (Å²) < 4.78 is 0. The summed E-state index contributed by atoms with van der Waals surface area (Å²) in [5.41, 5.74) is 2.52. The minimum absolute atomic E-state index is 0.779. The molecule has 1 aromatic rings. The van der Waals surface area contributed by atoms with Crippen LogP contribution < -0.4 is 5.32 Å². The van der Waals surface area contributed by atoms with Crippen molar-refractivity contribution in [2.45, 2.75) is 45.2 Å². The van der Waals surface area contributed by atoms with E-state index in [2.05, 4.69) is 23.3 Å². The SMILES string of the molecule is Cc1cccnc1CNC(C1CC1)C1CC1. The summed E-state index contributed by atoms with van der Waals surface area (Å²) in [5, 5.41) is 3.74. The number of nitrogens with zero attached hydrogens (tertiary/aromatic N) is 1. The lowest BCUT2D eigenvalue weighted by Gasteiger charge is -2.17. The number of nitrogens with one attached hydrogen (secondary N) is 1. The summed E-state index contributed by atoms with van der Waals surface area (Å²) in [6.07, 6.45) is 7.66. The molecule has 2 aliphatic carbocycles. The van der Waals surface area contributed by atoms with E-state index < -0.39 is 0 Å². The van der Waals surface area contributed by atoms with E-state index in [0.29, 0.717) is 0 Å². The average molecular weight is 216 g/mol. The first-order valence-corrected chi connectivity index (χ1v) is 6.48. The number of aromatic nitrogens is 1. The Kier molecular flexibility index (Phi) is 2.68. The second-order valence-electron chi connectivity index (χ2n) is 5.35. The molecule has 0 atom stereocenters. The maximum Gasteiger partial charge on any atom is 0.0570 e. The first-order chi connectivity index (χ1) is 7.84. The smallest absolute Gasteiger partial charge is 0.0570 e. The molecule has 2 fully saturated rings. The highest BCUT2D eigenvalue weighted by Gasteiger charge is 2.40. The number of hydrogen-bond donors (Lipinski definition) is 1. The van der Waals surface area contributed by atoms with Gasteiger partial charge < -0.3 is 5.32 Å². The van der Waals surface area contributed by atoms with Crippen LogP contribution in [0.15, 0.2) is 18.3 Å². The summed E-state index contributed by atoms with van der Waals surface area (Å²) in [6, 6.07) is 4.94.